The Labute approximate surface area is 110 Å². The molecule has 2 aromatic rings. The van der Waals surface area contributed by atoms with Crippen LogP contribution in [0.15, 0.2) is 29.8 Å². The zero-order chi connectivity index (χ0) is 12.3. The van der Waals surface area contributed by atoms with Crippen LogP contribution in [-0.4, -0.2) is 4.98 Å². The van der Waals surface area contributed by atoms with E-state index in [1.54, 1.807) is 17.4 Å². The van der Waals surface area contributed by atoms with Crippen LogP contribution in [0.4, 0.5) is 11.4 Å². The van der Waals surface area contributed by atoms with Gasteiger partial charge in [0, 0.05) is 16.6 Å². The highest BCUT2D eigenvalue weighted by Gasteiger charge is 2.12. The molecule has 1 unspecified atom stereocenters. The minimum Gasteiger partial charge on any atom is -0.397 e. The van der Waals surface area contributed by atoms with E-state index in [9.17, 15) is 0 Å². The molecule has 0 spiro atoms. The predicted molar refractivity (Wildman–Crippen MR) is 74.6 cm³/mol. The fourth-order valence-corrected chi connectivity index (χ4v) is 2.55. The number of halogens is 1. The van der Waals surface area contributed by atoms with E-state index in [-0.39, 0.29) is 6.04 Å². The Kier molecular flexibility index (Phi) is 3.86. The van der Waals surface area contributed by atoms with Gasteiger partial charge in [0.25, 0.3) is 0 Å². The second-order valence-corrected chi connectivity index (χ2v) is 5.07. The second kappa shape index (κ2) is 5.38. The average molecular weight is 268 g/mol. The van der Waals surface area contributed by atoms with E-state index < -0.39 is 0 Å². The highest BCUT2D eigenvalue weighted by molar-refractivity contribution is 7.09. The number of nitrogens with one attached hydrogen (secondary N) is 1. The molecule has 1 atom stereocenters. The molecular formula is C12H14ClN3S. The molecule has 1 aromatic carbocycles. The summed E-state index contributed by atoms with van der Waals surface area (Å²) in [4.78, 5) is 4.32. The van der Waals surface area contributed by atoms with Crippen LogP contribution in [0.1, 0.15) is 24.4 Å². The molecule has 17 heavy (non-hydrogen) atoms. The molecule has 0 radical (unpaired) electrons. The summed E-state index contributed by atoms with van der Waals surface area (Å²) < 4.78 is 0. The largest absolute Gasteiger partial charge is 0.397 e. The molecule has 0 bridgehead atoms. The van der Waals surface area contributed by atoms with Crippen LogP contribution in [-0.2, 0) is 0 Å². The third-order valence-corrected chi connectivity index (χ3v) is 3.63. The SMILES string of the molecule is CCC(Nc1ccc(Cl)cc1N)c1nccs1. The molecule has 0 fully saturated rings. The molecule has 90 valence electrons. The standard InChI is InChI=1S/C12H14ClN3S/c1-2-10(12-15-5-6-17-12)16-11-4-3-8(13)7-9(11)14/h3-7,10,16H,2,14H2,1H3. The van der Waals surface area contributed by atoms with Crippen molar-refractivity contribution in [1.82, 2.24) is 4.98 Å². The Morgan fingerprint density at radius 1 is 1.53 bits per heavy atom. The number of nitrogens with zero attached hydrogens (tertiary/aromatic N) is 1. The van der Waals surface area contributed by atoms with Gasteiger partial charge in [0.2, 0.25) is 0 Å². The van der Waals surface area contributed by atoms with Crippen molar-refractivity contribution in [3.05, 3.63) is 39.8 Å². The number of rotatable bonds is 4. The molecule has 0 aliphatic rings. The molecular weight excluding hydrogens is 254 g/mol. The van der Waals surface area contributed by atoms with Crippen LogP contribution in [0.25, 0.3) is 0 Å². The van der Waals surface area contributed by atoms with E-state index in [0.29, 0.717) is 10.7 Å². The Hall–Kier alpha value is -1.26. The second-order valence-electron chi connectivity index (χ2n) is 3.71. The summed E-state index contributed by atoms with van der Waals surface area (Å²) in [6.07, 6.45) is 2.77. The molecule has 0 aliphatic carbocycles. The number of thiazole rings is 1. The van der Waals surface area contributed by atoms with Gasteiger partial charge in [0.05, 0.1) is 17.4 Å². The van der Waals surface area contributed by atoms with E-state index in [1.807, 2.05) is 23.7 Å². The van der Waals surface area contributed by atoms with Gasteiger partial charge in [0.1, 0.15) is 5.01 Å². The van der Waals surface area contributed by atoms with Gasteiger partial charge in [0.15, 0.2) is 0 Å². The molecule has 0 amide bonds. The van der Waals surface area contributed by atoms with Crippen LogP contribution in [0.3, 0.4) is 0 Å². The van der Waals surface area contributed by atoms with Gasteiger partial charge in [-0.2, -0.15) is 0 Å². The summed E-state index contributed by atoms with van der Waals surface area (Å²) in [6.45, 7) is 2.12. The Morgan fingerprint density at radius 3 is 2.94 bits per heavy atom. The zero-order valence-electron chi connectivity index (χ0n) is 9.48. The molecule has 2 rings (SSSR count). The van der Waals surface area contributed by atoms with Crippen LogP contribution in [0.5, 0.6) is 0 Å². The third kappa shape index (κ3) is 2.90. The number of hydrogen-bond donors (Lipinski definition) is 2. The maximum absolute atomic E-state index is 5.91. The Bertz CT molecular complexity index is 485. The maximum atomic E-state index is 5.91. The molecule has 5 heteroatoms. The van der Waals surface area contributed by atoms with Crippen LogP contribution in [0, 0.1) is 0 Å². The summed E-state index contributed by atoms with van der Waals surface area (Å²) in [7, 11) is 0. The van der Waals surface area contributed by atoms with Crippen LogP contribution in [0.2, 0.25) is 5.02 Å². The summed E-state index contributed by atoms with van der Waals surface area (Å²) in [6, 6.07) is 5.67. The minimum atomic E-state index is 0.193. The Balaban J connectivity index is 2.19. The van der Waals surface area contributed by atoms with Gasteiger partial charge in [-0.3, -0.25) is 0 Å². The lowest BCUT2D eigenvalue weighted by Crippen LogP contribution is -2.10. The lowest BCUT2D eigenvalue weighted by Gasteiger charge is -2.17. The maximum Gasteiger partial charge on any atom is 0.115 e. The number of anilines is 2. The van der Waals surface area contributed by atoms with Gasteiger partial charge >= 0.3 is 0 Å². The first-order valence-electron chi connectivity index (χ1n) is 5.41. The van der Waals surface area contributed by atoms with Crippen molar-refractivity contribution < 1.29 is 0 Å². The number of nitrogen functional groups attached to an aromatic ring is 1. The number of hydrogen-bond acceptors (Lipinski definition) is 4. The van der Waals surface area contributed by atoms with Crippen molar-refractivity contribution in [2.45, 2.75) is 19.4 Å². The number of benzene rings is 1. The fourth-order valence-electron chi connectivity index (χ4n) is 1.60. The quantitative estimate of drug-likeness (QED) is 0.825. The first-order valence-corrected chi connectivity index (χ1v) is 6.67. The van der Waals surface area contributed by atoms with E-state index in [0.717, 1.165) is 17.1 Å². The van der Waals surface area contributed by atoms with E-state index in [1.165, 1.54) is 0 Å². The van der Waals surface area contributed by atoms with Gasteiger partial charge in [-0.1, -0.05) is 18.5 Å². The van der Waals surface area contributed by atoms with Crippen molar-refractivity contribution in [2.24, 2.45) is 0 Å². The van der Waals surface area contributed by atoms with Crippen LogP contribution >= 0.6 is 22.9 Å². The topological polar surface area (TPSA) is 50.9 Å². The van der Waals surface area contributed by atoms with Crippen molar-refractivity contribution in [1.29, 1.82) is 0 Å². The van der Waals surface area contributed by atoms with Crippen molar-refractivity contribution >= 4 is 34.3 Å². The normalized spacial score (nSPS) is 12.4. The van der Waals surface area contributed by atoms with Crippen molar-refractivity contribution in [3.8, 4) is 0 Å². The average Bonchev–Trinajstić information content (AvgIpc) is 2.81. The monoisotopic (exact) mass is 267 g/mol. The van der Waals surface area contributed by atoms with Gasteiger partial charge < -0.3 is 11.1 Å². The van der Waals surface area contributed by atoms with E-state index >= 15 is 0 Å². The summed E-state index contributed by atoms with van der Waals surface area (Å²) in [5, 5.41) is 7.09. The first kappa shape index (κ1) is 12.2. The fraction of sp³-hybridized carbons (Fsp3) is 0.250. The van der Waals surface area contributed by atoms with Gasteiger partial charge in [-0.15, -0.1) is 11.3 Å². The number of nitrogens with two attached hydrogens (primary N) is 1. The highest BCUT2D eigenvalue weighted by atomic mass is 35.5. The summed E-state index contributed by atoms with van der Waals surface area (Å²) in [5.74, 6) is 0. The molecule has 1 aromatic heterocycles. The van der Waals surface area contributed by atoms with E-state index in [2.05, 4.69) is 17.2 Å². The van der Waals surface area contributed by atoms with Crippen molar-refractivity contribution in [2.75, 3.05) is 11.1 Å². The molecule has 3 nitrogen and oxygen atoms in total. The molecule has 3 N–H and O–H groups in total. The molecule has 0 saturated heterocycles. The van der Waals surface area contributed by atoms with Gasteiger partial charge in [-0.25, -0.2) is 4.98 Å². The van der Waals surface area contributed by atoms with E-state index in [4.69, 9.17) is 17.3 Å². The third-order valence-electron chi connectivity index (χ3n) is 2.50. The lowest BCUT2D eigenvalue weighted by atomic mass is 10.2. The minimum absolute atomic E-state index is 0.193. The smallest absolute Gasteiger partial charge is 0.115 e. The predicted octanol–water partition coefficient (Wildman–Crippen LogP) is 3.94. The Morgan fingerprint density at radius 2 is 2.35 bits per heavy atom. The van der Waals surface area contributed by atoms with Crippen molar-refractivity contribution in [3.63, 3.8) is 0 Å². The molecule has 1 heterocycles. The highest BCUT2D eigenvalue weighted by Crippen LogP contribution is 2.29. The molecule has 0 aliphatic heterocycles. The summed E-state index contributed by atoms with van der Waals surface area (Å²) in [5.41, 5.74) is 7.47. The van der Waals surface area contributed by atoms with Gasteiger partial charge in [-0.05, 0) is 24.6 Å². The first-order chi connectivity index (χ1) is 8.20. The lowest BCUT2D eigenvalue weighted by molar-refractivity contribution is 0.742. The zero-order valence-corrected chi connectivity index (χ0v) is 11.1. The number of aromatic nitrogens is 1. The summed E-state index contributed by atoms with van der Waals surface area (Å²) >= 11 is 7.51. The molecule has 0 saturated carbocycles. The van der Waals surface area contributed by atoms with Crippen LogP contribution < -0.4 is 11.1 Å².